The third-order valence-electron chi connectivity index (χ3n) is 24.2. The predicted octanol–water partition coefficient (Wildman–Crippen LogP) is 14.8. The Morgan fingerprint density at radius 2 is 0.832 bits per heavy atom. The third-order valence-corrected chi connectivity index (χ3v) is 26.5. The number of epoxide rings is 1. The summed E-state index contributed by atoms with van der Waals surface area (Å²) in [4.78, 5) is 78.8. The van der Waals surface area contributed by atoms with Gasteiger partial charge in [-0.1, -0.05) is 125 Å². The van der Waals surface area contributed by atoms with E-state index in [0.717, 1.165) is 184 Å². The number of ether oxygens (including phenoxy) is 1. The first kappa shape index (κ1) is 94.0. The maximum atomic E-state index is 13.8. The van der Waals surface area contributed by atoms with E-state index in [1.807, 2.05) is 199 Å². The number of nitrogens with one attached hydrogen (secondary N) is 3. The van der Waals surface area contributed by atoms with E-state index in [1.54, 1.807) is 28.9 Å². The number of benzene rings is 7. The number of aliphatic hydroxyl groups excluding tert-OH is 3. The Morgan fingerprint density at radius 3 is 1.18 bits per heavy atom. The molecular formula is C93H121Cl6N11O9. The molecule has 119 heavy (non-hydrogen) atoms. The SMILES string of the molecule is CC(=O)N1CCC(C(=O)N(CC(O)CN2CC3CN(C(=O)c4c(C)cccc4C)CC3C2)c2ccc(C)c(Cl)c2)CC1.Cc1ccc(N)cc1Cl.Cc1ccc(NCC(O)CCl)cc1Cl.Cc1ccc(NCC(O)CN2CC3CN(C(=O)c4c(C)cccc4C)CC3C2)cc1Cl.Cc1cccc(C)c1C(=O)N1CC2CNCC2C1.ClCC1CO1. The summed E-state index contributed by atoms with van der Waals surface area (Å²) in [6.07, 6.45) is -0.105. The van der Waals surface area contributed by atoms with Crippen molar-refractivity contribution in [3.05, 3.63) is 220 Å². The molecule has 10 unspecified atom stereocenters. The molecule has 8 saturated heterocycles. The molecule has 0 bridgehead atoms. The molecule has 7 aromatic carbocycles. The number of anilines is 4. The van der Waals surface area contributed by atoms with Gasteiger partial charge in [-0.15, -0.1) is 23.2 Å². The van der Waals surface area contributed by atoms with Gasteiger partial charge in [0.05, 0.1) is 49.3 Å². The van der Waals surface area contributed by atoms with Crippen molar-refractivity contribution in [2.75, 3.05) is 164 Å². The molecule has 0 aliphatic carbocycles. The largest absolute Gasteiger partial charge is 0.399 e. The topological polar surface area (TPSA) is 243 Å². The summed E-state index contributed by atoms with van der Waals surface area (Å²) in [5.41, 5.74) is 21.6. The van der Waals surface area contributed by atoms with Crippen LogP contribution in [0.15, 0.2) is 127 Å². The number of alkyl halides is 2. The average Bonchev–Trinajstić information content (AvgIpc) is 1.68. The minimum Gasteiger partial charge on any atom is -0.399 e. The van der Waals surface area contributed by atoms with Crippen molar-refractivity contribution in [1.29, 1.82) is 0 Å². The van der Waals surface area contributed by atoms with Crippen LogP contribution in [0.5, 0.6) is 0 Å². The van der Waals surface area contributed by atoms with Gasteiger partial charge in [0.25, 0.3) is 17.7 Å². The number of aliphatic hydroxyl groups is 3. The van der Waals surface area contributed by atoms with E-state index in [0.29, 0.717) is 116 Å². The molecule has 5 amide bonds. The minimum atomic E-state index is -0.738. The van der Waals surface area contributed by atoms with Gasteiger partial charge in [0.15, 0.2) is 0 Å². The molecule has 0 aromatic heterocycles. The Kier molecular flexibility index (Phi) is 34.9. The second-order valence-electron chi connectivity index (χ2n) is 33.7. The standard InChI is InChI=1S/C33H43ClN4O4.C25H32ClN3O2.C15H20N2O.C10H13Cl2NO.C7H8ClN.C3H5ClO/c1-21-8-9-28(14-30(21)34)38(32(41)25-10-12-36(13-11-25)24(4)39)20-29(40)19-35-15-26-17-37(18-27(26)16-35)33(42)31-22(2)6-5-7-23(31)3;1-16-7-8-21(9-23(16)26)27-10-22(30)15-28-11-19-13-29(14-20(19)12-28)25(31)24-17(2)5-4-6-18(24)3;1-10-4-3-5-11(2)14(10)15(18)17-8-12-6-16-7-13(12)9-17;1-7-2-3-8(4-10(7)12)13-6-9(14)5-11;1-5-2-3-6(9)4-7(5)8;4-1-3-2-5-3/h5-9,14,25-27,29,40H,10-13,15-20H2,1-4H3;4-9,19-20,22,27,30H,10-15H2,1-3H3;3-5,12-13,16H,6-9H2,1-2H3;2-4,9,13-14H,5-6H2,1H3;2-4H,9H2,1H3;3H,1-2H2. The third kappa shape index (κ3) is 26.2. The number of hydrogen-bond acceptors (Lipinski definition) is 15. The molecule has 0 saturated carbocycles. The lowest BCUT2D eigenvalue weighted by Crippen LogP contribution is -2.48. The van der Waals surface area contributed by atoms with E-state index in [-0.39, 0.29) is 47.9 Å². The maximum Gasteiger partial charge on any atom is 0.254 e. The molecule has 0 radical (unpaired) electrons. The molecule has 8 heterocycles. The Hall–Kier alpha value is -7.25. The monoisotopic (exact) mass is 1750 g/mol. The lowest BCUT2D eigenvalue weighted by molar-refractivity contribution is -0.133. The summed E-state index contributed by atoms with van der Waals surface area (Å²) in [7, 11) is 0. The number of β-amino-alcohol motifs (C(OH)–C–C–N with tert-alkyl or cyclic N) is 2. The first-order valence-corrected chi connectivity index (χ1v) is 44.2. The summed E-state index contributed by atoms with van der Waals surface area (Å²) >= 11 is 35.0. The molecule has 8 aliphatic heterocycles. The first-order valence-electron chi connectivity index (χ1n) is 41.6. The van der Waals surface area contributed by atoms with Gasteiger partial charge in [-0.2, -0.15) is 0 Å². The number of nitrogens with zero attached hydrogens (tertiary/aromatic N) is 7. The second kappa shape index (κ2) is 44.2. The van der Waals surface area contributed by atoms with E-state index in [2.05, 4.69) is 25.8 Å². The number of rotatable bonds is 19. The number of fused-ring (bicyclic) bond motifs is 3. The van der Waals surface area contributed by atoms with Crippen LogP contribution in [0.4, 0.5) is 22.7 Å². The molecule has 7 aromatic rings. The van der Waals surface area contributed by atoms with E-state index >= 15 is 0 Å². The van der Waals surface area contributed by atoms with Crippen LogP contribution in [0.3, 0.4) is 0 Å². The number of nitrogens with two attached hydrogens (primary N) is 1. The number of hydrogen-bond donors (Lipinski definition) is 7. The van der Waals surface area contributed by atoms with Gasteiger partial charge in [0.2, 0.25) is 11.8 Å². The zero-order valence-electron chi connectivity index (χ0n) is 70.7. The fourth-order valence-corrected chi connectivity index (χ4v) is 18.1. The minimum absolute atomic E-state index is 0.0314. The lowest BCUT2D eigenvalue weighted by Gasteiger charge is -2.35. The summed E-state index contributed by atoms with van der Waals surface area (Å²) in [5, 5.41) is 43.5. The van der Waals surface area contributed by atoms with Crippen LogP contribution in [0.25, 0.3) is 0 Å². The Labute approximate surface area is 734 Å². The highest BCUT2D eigenvalue weighted by Crippen LogP contribution is 2.37. The van der Waals surface area contributed by atoms with Crippen molar-refractivity contribution < 1.29 is 44.0 Å². The molecule has 20 nitrogen and oxygen atoms in total. The summed E-state index contributed by atoms with van der Waals surface area (Å²) < 4.78 is 4.73. The number of likely N-dealkylation sites (tertiary alicyclic amines) is 6. The van der Waals surface area contributed by atoms with Crippen LogP contribution in [-0.4, -0.2) is 241 Å². The number of piperidine rings is 1. The first-order chi connectivity index (χ1) is 56.7. The van der Waals surface area contributed by atoms with Crippen LogP contribution in [0.1, 0.15) is 106 Å². The van der Waals surface area contributed by atoms with Crippen LogP contribution < -0.4 is 26.6 Å². The van der Waals surface area contributed by atoms with Crippen molar-refractivity contribution in [3.63, 3.8) is 0 Å². The normalized spacial score (nSPS) is 21.1. The molecule has 8 fully saturated rings. The van der Waals surface area contributed by atoms with Crippen LogP contribution in [0, 0.1) is 111 Å². The number of aryl methyl sites for hydroxylation is 10. The highest BCUT2D eigenvalue weighted by atomic mass is 35.5. The number of nitrogen functional groups attached to an aromatic ring is 1. The van der Waals surface area contributed by atoms with Crippen LogP contribution in [-0.2, 0) is 14.3 Å². The number of amides is 5. The van der Waals surface area contributed by atoms with Crippen molar-refractivity contribution in [3.8, 4) is 0 Å². The molecule has 26 heteroatoms. The highest BCUT2D eigenvalue weighted by Gasteiger charge is 2.45. The van der Waals surface area contributed by atoms with E-state index in [1.165, 1.54) is 0 Å². The molecule has 644 valence electrons. The van der Waals surface area contributed by atoms with E-state index in [9.17, 15) is 39.3 Å². The van der Waals surface area contributed by atoms with Crippen molar-refractivity contribution in [2.45, 2.75) is 113 Å². The van der Waals surface area contributed by atoms with Gasteiger partial charge in [-0.25, -0.2) is 0 Å². The number of carbonyl (C=O) groups excluding carboxylic acids is 5. The van der Waals surface area contributed by atoms with Crippen LogP contribution >= 0.6 is 69.6 Å². The molecule has 8 aliphatic rings. The molecule has 8 N–H and O–H groups in total. The predicted molar refractivity (Wildman–Crippen MR) is 485 cm³/mol. The quantitative estimate of drug-likeness (QED) is 0.0226. The van der Waals surface area contributed by atoms with E-state index < -0.39 is 18.3 Å². The average molecular weight is 1750 g/mol. The zero-order chi connectivity index (χ0) is 86.1. The zero-order valence-corrected chi connectivity index (χ0v) is 75.2. The van der Waals surface area contributed by atoms with E-state index in [4.69, 9.17) is 80.1 Å². The van der Waals surface area contributed by atoms with Crippen molar-refractivity contribution >= 4 is 122 Å². The maximum absolute atomic E-state index is 13.8. The summed E-state index contributed by atoms with van der Waals surface area (Å²) in [6, 6.07) is 40.7. The van der Waals surface area contributed by atoms with Gasteiger partial charge >= 0.3 is 0 Å². The van der Waals surface area contributed by atoms with Gasteiger partial charge in [-0.3, -0.25) is 33.8 Å². The lowest BCUT2D eigenvalue weighted by atomic mass is 9.94. The Morgan fingerprint density at radius 1 is 0.471 bits per heavy atom. The number of carbonyl (C=O) groups is 5. The molecular weight excluding hydrogens is 1630 g/mol. The summed E-state index contributed by atoms with van der Waals surface area (Å²) in [6.45, 7) is 36.2. The smallest absolute Gasteiger partial charge is 0.254 e. The molecule has 15 rings (SSSR count). The molecule has 10 atom stereocenters. The second-order valence-corrected chi connectivity index (χ2v) is 35.9. The van der Waals surface area contributed by atoms with Gasteiger partial charge < -0.3 is 66.2 Å². The Balaban J connectivity index is 0.000000168. The van der Waals surface area contributed by atoms with Gasteiger partial charge in [-0.05, 0) is 222 Å². The molecule has 0 spiro atoms. The van der Waals surface area contributed by atoms with Crippen molar-refractivity contribution in [1.82, 2.24) is 34.7 Å². The summed E-state index contributed by atoms with van der Waals surface area (Å²) in [5.74, 6) is 4.26. The van der Waals surface area contributed by atoms with Crippen molar-refractivity contribution in [2.24, 2.45) is 41.4 Å². The van der Waals surface area contributed by atoms with Gasteiger partial charge in [0.1, 0.15) is 0 Å². The fourth-order valence-electron chi connectivity index (χ4n) is 17.1. The number of halogens is 6. The van der Waals surface area contributed by atoms with Gasteiger partial charge in [0, 0.05) is 190 Å². The van der Waals surface area contributed by atoms with Crippen LogP contribution in [0.2, 0.25) is 20.1 Å². The fraction of sp³-hybridized carbons (Fsp3) is 0.495. The highest BCUT2D eigenvalue weighted by molar-refractivity contribution is 6.32. The Bertz CT molecular complexity index is 4530.